The molecule has 10 atom stereocenters. The topological polar surface area (TPSA) is 236 Å². The number of nitrogens with one attached hydrogen (secondary N) is 4. The first-order valence-electron chi connectivity index (χ1n) is 33.1. The summed E-state index contributed by atoms with van der Waals surface area (Å²) in [4.78, 5) is 81.1. The Labute approximate surface area is 570 Å². The van der Waals surface area contributed by atoms with E-state index in [4.69, 9.17) is 21.1 Å². The molecule has 20 heteroatoms. The second-order valence-corrected chi connectivity index (χ2v) is 30.0. The van der Waals surface area contributed by atoms with E-state index in [1.54, 1.807) is 73.8 Å². The second-order valence-electron chi connectivity index (χ2n) is 27.5. The summed E-state index contributed by atoms with van der Waals surface area (Å²) in [6, 6.07) is 37.4. The first-order chi connectivity index (χ1) is 44.7. The largest absolute Gasteiger partial charge is 0.508 e. The van der Waals surface area contributed by atoms with Crippen LogP contribution in [0.5, 0.6) is 11.5 Å². The number of benzene rings is 5. The number of piperidine rings is 2. The summed E-state index contributed by atoms with van der Waals surface area (Å²) in [7, 11) is 0. The monoisotopic (exact) mass is 1350 g/mol. The van der Waals surface area contributed by atoms with Crippen LogP contribution in [0.2, 0.25) is 0 Å². The standard InChI is InChI=1S/2C32H45N3O4S.C10H9ClO3/c1-21-25(15-10-16-28(21)36)30(38)33-26(20-40-24-13-6-5-7-14-24)29(37)19-35-18-23-12-9-8-11-22(23)17-27(35)31(39)34-32(2,3)4;1-32(2,3)34-30(37)28-18-24-14-10-11-15-25(24)19-35(28)20-29(36)27(22-40-26-16-8-5-9-17-26)33-31(38)39-21-23-12-6-4-7-13-23;1-6-8(10(11)13)4-3-5-9(6)14-7(2)12/h5-7,10,13-16,22-23,26-27,29,36-37H,8-9,11-12,17-20H2,1-4H3,(H,33,38)(H,34,39);4-9,12-13,16-17,24-25,27-29,36H,10-11,14-15,18-22H2,1-3H3,(H,33,38)(H,34,37);3-5H,1-2H3/t22-,23+,26-,27-,29+;24-,25+,27-,28-,29+;/m00./s1. The summed E-state index contributed by atoms with van der Waals surface area (Å²) in [5.74, 6) is 2.80. The number of esters is 1. The van der Waals surface area contributed by atoms with Crippen LogP contribution in [0.25, 0.3) is 0 Å². The Kier molecular flexibility index (Phi) is 28.7. The van der Waals surface area contributed by atoms with E-state index in [-0.39, 0.29) is 53.2 Å². The third kappa shape index (κ3) is 23.7. The second kappa shape index (κ2) is 36.1. The van der Waals surface area contributed by atoms with Crippen molar-refractivity contribution in [3.8, 4) is 11.5 Å². The van der Waals surface area contributed by atoms with Crippen molar-refractivity contribution in [3.05, 3.63) is 155 Å². The van der Waals surface area contributed by atoms with Crippen LogP contribution in [0, 0.1) is 37.5 Å². The van der Waals surface area contributed by atoms with Gasteiger partial charge in [-0.1, -0.05) is 117 Å². The van der Waals surface area contributed by atoms with E-state index in [1.165, 1.54) is 45.4 Å². The van der Waals surface area contributed by atoms with E-state index in [1.807, 2.05) is 133 Å². The highest BCUT2D eigenvalue weighted by Gasteiger charge is 2.44. The van der Waals surface area contributed by atoms with E-state index >= 15 is 0 Å². The first-order valence-corrected chi connectivity index (χ1v) is 35.4. The van der Waals surface area contributed by atoms with Gasteiger partial charge < -0.3 is 46.1 Å². The smallest absolute Gasteiger partial charge is 0.407 e. The van der Waals surface area contributed by atoms with Crippen LogP contribution in [0.4, 0.5) is 4.79 Å². The van der Waals surface area contributed by atoms with Crippen LogP contribution >= 0.6 is 35.1 Å². The fourth-order valence-electron chi connectivity index (χ4n) is 13.0. The molecule has 4 amide bonds. The molecule has 0 bridgehead atoms. The molecule has 4 fully saturated rings. The van der Waals surface area contributed by atoms with Crippen LogP contribution in [0.3, 0.4) is 0 Å². The number of aliphatic hydroxyl groups is 2. The number of carbonyl (C=O) groups excluding carboxylic acids is 6. The molecule has 2 saturated heterocycles. The molecule has 0 spiro atoms. The van der Waals surface area contributed by atoms with Gasteiger partial charge in [0.2, 0.25) is 11.8 Å². The third-order valence-corrected chi connectivity index (χ3v) is 20.3. The summed E-state index contributed by atoms with van der Waals surface area (Å²) in [5.41, 5.74) is 2.04. The first kappa shape index (κ1) is 74.9. The Bertz CT molecular complexity index is 3260. The Morgan fingerprint density at radius 1 is 0.574 bits per heavy atom. The van der Waals surface area contributed by atoms with Gasteiger partial charge in [-0.25, -0.2) is 4.79 Å². The van der Waals surface area contributed by atoms with Crippen molar-refractivity contribution in [2.45, 2.75) is 190 Å². The third-order valence-electron chi connectivity index (χ3n) is 17.9. The maximum Gasteiger partial charge on any atom is 0.407 e. The molecule has 0 radical (unpaired) electrons. The molecular weight excluding hydrogens is 1250 g/mol. The van der Waals surface area contributed by atoms with Gasteiger partial charge in [0.1, 0.15) is 18.1 Å². The van der Waals surface area contributed by atoms with Crippen LogP contribution in [-0.4, -0.2) is 145 Å². The summed E-state index contributed by atoms with van der Waals surface area (Å²) >= 11 is 8.49. The zero-order chi connectivity index (χ0) is 68.1. The summed E-state index contributed by atoms with van der Waals surface area (Å²) in [6.45, 7) is 19.0. The minimum Gasteiger partial charge on any atom is -0.508 e. The number of rotatable bonds is 21. The normalized spacial score (nSPS) is 21.0. The maximum atomic E-state index is 13.5. The molecule has 2 aliphatic heterocycles. The van der Waals surface area contributed by atoms with E-state index in [0.29, 0.717) is 76.3 Å². The quantitative estimate of drug-likeness (QED) is 0.0157. The molecule has 5 aromatic rings. The van der Waals surface area contributed by atoms with Crippen molar-refractivity contribution in [1.29, 1.82) is 0 Å². The fraction of sp³-hybridized carbons (Fsp3) is 0.514. The van der Waals surface area contributed by atoms with E-state index in [2.05, 4.69) is 31.1 Å². The lowest BCUT2D eigenvalue weighted by molar-refractivity contribution is -0.133. The Morgan fingerprint density at radius 3 is 1.47 bits per heavy atom. The van der Waals surface area contributed by atoms with Gasteiger partial charge in [-0.2, -0.15) is 0 Å². The van der Waals surface area contributed by atoms with Gasteiger partial charge in [-0.3, -0.25) is 33.8 Å². The van der Waals surface area contributed by atoms with Crippen molar-refractivity contribution < 1.29 is 53.6 Å². The predicted octanol–water partition coefficient (Wildman–Crippen LogP) is 12.3. The molecule has 4 aliphatic rings. The van der Waals surface area contributed by atoms with Crippen LogP contribution in [0.15, 0.2) is 137 Å². The van der Waals surface area contributed by atoms with Crippen LogP contribution in [0.1, 0.15) is 150 Å². The van der Waals surface area contributed by atoms with E-state index in [0.717, 1.165) is 54.1 Å². The van der Waals surface area contributed by atoms with Crippen molar-refractivity contribution in [2.75, 3.05) is 37.7 Å². The number of alkyl carbamates (subject to hydrolysis) is 1. The molecule has 94 heavy (non-hydrogen) atoms. The average Bonchev–Trinajstić information content (AvgIpc) is 0.814. The minimum atomic E-state index is -0.886. The number of β-amino-alcohol motifs (C(OH)–C–C–N with tert-alkyl or cyclic N) is 2. The van der Waals surface area contributed by atoms with Gasteiger partial charge in [-0.05, 0) is 170 Å². The zero-order valence-electron chi connectivity index (χ0n) is 56.1. The van der Waals surface area contributed by atoms with Crippen LogP contribution in [-0.2, 0) is 25.7 Å². The molecule has 17 nitrogen and oxygen atoms in total. The SMILES string of the molecule is CC(=O)Oc1cccc(C(=O)Cl)c1C.CC(C)(C)NC(=O)[C@@H]1C[C@@H]2CCCC[C@@H]2CN1C[C@@H](O)[C@H](CSc1ccccc1)NC(=O)OCc1ccccc1.Cc1c(O)cccc1C(=O)N[C@@H](CSc1ccccc1)[C@H](O)CN1C[C@H]2CCCC[C@H]2C[C@H]1C(=O)NC(C)(C)C. The number of halogens is 1. The Morgan fingerprint density at radius 2 is 1.01 bits per heavy atom. The number of ether oxygens (including phenoxy) is 2. The van der Waals surface area contributed by atoms with E-state index < -0.39 is 41.6 Å². The molecule has 510 valence electrons. The number of fused-ring (bicyclic) bond motifs is 2. The number of nitrogens with zero attached hydrogens (tertiary/aromatic N) is 2. The highest BCUT2D eigenvalue weighted by Crippen LogP contribution is 2.41. The Balaban J connectivity index is 0.000000221. The number of hydrogen-bond donors (Lipinski definition) is 7. The van der Waals surface area contributed by atoms with Gasteiger partial charge in [-0.15, -0.1) is 23.5 Å². The number of thioether (sulfide) groups is 2. The lowest BCUT2D eigenvalue weighted by atomic mass is 9.72. The number of hydrogen-bond acceptors (Lipinski definition) is 15. The van der Waals surface area contributed by atoms with Crippen molar-refractivity contribution in [1.82, 2.24) is 31.1 Å². The van der Waals surface area contributed by atoms with Gasteiger partial charge in [0.05, 0.1) is 36.4 Å². The van der Waals surface area contributed by atoms with Crippen molar-refractivity contribution in [3.63, 3.8) is 0 Å². The Hall–Kier alpha value is -6.45. The van der Waals surface area contributed by atoms with Crippen LogP contribution < -0.4 is 26.0 Å². The zero-order valence-corrected chi connectivity index (χ0v) is 58.5. The highest BCUT2D eigenvalue weighted by molar-refractivity contribution is 7.99. The number of phenols is 1. The molecule has 2 aliphatic carbocycles. The molecule has 5 aromatic carbocycles. The maximum absolute atomic E-state index is 13.5. The van der Waals surface area contributed by atoms with Gasteiger partial charge >= 0.3 is 12.1 Å². The number of carbonyl (C=O) groups is 6. The summed E-state index contributed by atoms with van der Waals surface area (Å²) in [5, 5.41) is 45.1. The summed E-state index contributed by atoms with van der Waals surface area (Å²) < 4.78 is 10.4. The summed E-state index contributed by atoms with van der Waals surface area (Å²) in [6.07, 6.45) is 8.85. The molecule has 9 rings (SSSR count). The lowest BCUT2D eigenvalue weighted by Crippen LogP contribution is -2.60. The molecule has 0 aromatic heterocycles. The average molecular weight is 1350 g/mol. The molecule has 2 heterocycles. The minimum absolute atomic E-state index is 0.0124. The number of amides is 4. The van der Waals surface area contributed by atoms with Gasteiger partial charge in [0, 0.05) is 87.7 Å². The number of aliphatic hydroxyl groups excluding tert-OH is 2. The van der Waals surface area contributed by atoms with Gasteiger partial charge in [0.25, 0.3) is 11.1 Å². The molecular formula is C74H99ClN6O11S2. The fourth-order valence-corrected chi connectivity index (χ4v) is 15.3. The van der Waals surface area contributed by atoms with Crippen molar-refractivity contribution >= 4 is 70.2 Å². The number of phenolic OH excluding ortho intramolecular Hbond substituents is 1. The molecule has 7 N–H and O–H groups in total. The highest BCUT2D eigenvalue weighted by atomic mass is 35.5. The molecule has 0 unspecified atom stereocenters. The van der Waals surface area contributed by atoms with Gasteiger partial charge in [0.15, 0.2) is 0 Å². The predicted molar refractivity (Wildman–Crippen MR) is 373 cm³/mol. The van der Waals surface area contributed by atoms with Crippen molar-refractivity contribution in [2.24, 2.45) is 23.7 Å². The van der Waals surface area contributed by atoms with E-state index in [9.17, 15) is 44.1 Å². The number of likely N-dealkylation sites (tertiary alicyclic amines) is 2. The number of aromatic hydroxyl groups is 1. The molecule has 2 saturated carbocycles. The lowest BCUT2D eigenvalue weighted by Gasteiger charge is -2.47.